The van der Waals surface area contributed by atoms with Crippen molar-refractivity contribution in [2.75, 3.05) is 54.1 Å². The first kappa shape index (κ1) is 61.5. The number of hydrogen-bond acceptors (Lipinski definition) is 7. The van der Waals surface area contributed by atoms with Crippen LogP contribution in [0.2, 0.25) is 0 Å². The minimum Gasteiger partial charge on any atom is -0.756 e. The highest BCUT2D eigenvalue weighted by molar-refractivity contribution is 7.45. The molecule has 8 nitrogen and oxygen atoms in total. The number of quaternary nitrogens is 1. The Morgan fingerprint density at radius 1 is 0.508 bits per heavy atom. The molecule has 0 aliphatic carbocycles. The molecule has 0 aromatic heterocycles. The molecule has 0 bridgehead atoms. The number of nitrogens with zero attached hydrogens (tertiary/aromatic N) is 1. The normalized spacial score (nSPS) is 13.9. The number of carbonyl (C=O) groups excluding carboxylic acids is 1. The van der Waals surface area contributed by atoms with Gasteiger partial charge in [0.15, 0.2) is 0 Å². The highest BCUT2D eigenvalue weighted by atomic mass is 31.2. The van der Waals surface area contributed by atoms with Crippen molar-refractivity contribution in [1.29, 1.82) is 0 Å². The van der Waals surface area contributed by atoms with Crippen molar-refractivity contribution < 1.29 is 37.3 Å². The second kappa shape index (κ2) is 47.0. The van der Waals surface area contributed by atoms with Gasteiger partial charge in [0, 0.05) is 13.0 Å². The first-order valence-electron chi connectivity index (χ1n) is 26.4. The van der Waals surface area contributed by atoms with E-state index in [1.54, 1.807) is 0 Å². The van der Waals surface area contributed by atoms with Gasteiger partial charge in [-0.05, 0) is 51.4 Å². The topological polar surface area (TPSA) is 94.1 Å². The van der Waals surface area contributed by atoms with Gasteiger partial charge in [0.2, 0.25) is 0 Å². The van der Waals surface area contributed by atoms with Crippen LogP contribution in [0.25, 0.3) is 0 Å². The molecule has 63 heavy (non-hydrogen) atoms. The van der Waals surface area contributed by atoms with Crippen LogP contribution in [-0.2, 0) is 27.9 Å². The van der Waals surface area contributed by atoms with Crippen molar-refractivity contribution in [2.45, 2.75) is 238 Å². The molecule has 2 atom stereocenters. The van der Waals surface area contributed by atoms with Crippen molar-refractivity contribution in [2.24, 2.45) is 0 Å². The van der Waals surface area contributed by atoms with Gasteiger partial charge in [0.05, 0.1) is 34.4 Å². The van der Waals surface area contributed by atoms with E-state index in [2.05, 4.69) is 62.5 Å². The van der Waals surface area contributed by atoms with Gasteiger partial charge in [0.25, 0.3) is 7.82 Å². The lowest BCUT2D eigenvalue weighted by atomic mass is 10.0. The van der Waals surface area contributed by atoms with Gasteiger partial charge in [-0.3, -0.25) is 9.36 Å². The number of phosphoric ester groups is 1. The number of phosphoric acid groups is 1. The zero-order valence-corrected chi connectivity index (χ0v) is 42.9. The number of ether oxygens (including phenoxy) is 2. The van der Waals surface area contributed by atoms with E-state index in [1.807, 2.05) is 21.1 Å². The first-order valence-corrected chi connectivity index (χ1v) is 27.8. The van der Waals surface area contributed by atoms with E-state index in [1.165, 1.54) is 154 Å². The van der Waals surface area contributed by atoms with Crippen molar-refractivity contribution in [1.82, 2.24) is 0 Å². The maximum atomic E-state index is 12.7. The summed E-state index contributed by atoms with van der Waals surface area (Å²) in [6.07, 6.45) is 58.5. The van der Waals surface area contributed by atoms with Gasteiger partial charge >= 0.3 is 5.97 Å². The Labute approximate surface area is 390 Å². The average molecular weight is 908 g/mol. The first-order chi connectivity index (χ1) is 30.6. The lowest BCUT2D eigenvalue weighted by Gasteiger charge is -2.28. The van der Waals surface area contributed by atoms with E-state index in [4.69, 9.17) is 18.5 Å². The third kappa shape index (κ3) is 51.3. The summed E-state index contributed by atoms with van der Waals surface area (Å²) in [4.78, 5) is 25.2. The second-order valence-corrected chi connectivity index (χ2v) is 20.3. The number of allylic oxidation sites excluding steroid dienone is 8. The molecule has 0 heterocycles. The Morgan fingerprint density at radius 2 is 0.921 bits per heavy atom. The molecule has 0 saturated carbocycles. The molecule has 0 spiro atoms. The second-order valence-electron chi connectivity index (χ2n) is 18.9. The molecule has 0 amide bonds. The molecule has 2 unspecified atom stereocenters. The van der Waals surface area contributed by atoms with Crippen LogP contribution in [0.3, 0.4) is 0 Å². The Bertz CT molecular complexity index is 1150. The maximum absolute atomic E-state index is 12.7. The Morgan fingerprint density at radius 3 is 1.38 bits per heavy atom. The van der Waals surface area contributed by atoms with Crippen molar-refractivity contribution >= 4 is 13.8 Å². The minimum atomic E-state index is -4.53. The van der Waals surface area contributed by atoms with Crippen LogP contribution in [0.15, 0.2) is 48.6 Å². The SMILES string of the molecule is CC/C=C\C/C=C\C/C=C\C/C=C\CCCCCCCCCCCCCOCC(COP(=O)([O-])OCC[N+](C)(C)C)OC(=O)CCCCCCCCCCCCCCCCCCC. The van der Waals surface area contributed by atoms with Crippen molar-refractivity contribution in [3.63, 3.8) is 0 Å². The number of carbonyl (C=O) groups is 1. The highest BCUT2D eigenvalue weighted by Crippen LogP contribution is 2.38. The van der Waals surface area contributed by atoms with E-state index in [9.17, 15) is 14.3 Å². The Kier molecular flexibility index (Phi) is 45.8. The van der Waals surface area contributed by atoms with Gasteiger partial charge in [-0.1, -0.05) is 223 Å². The van der Waals surface area contributed by atoms with Crippen LogP contribution in [0, 0.1) is 0 Å². The van der Waals surface area contributed by atoms with Crippen molar-refractivity contribution in [3.05, 3.63) is 48.6 Å². The van der Waals surface area contributed by atoms with E-state index in [0.29, 0.717) is 24.1 Å². The van der Waals surface area contributed by atoms with Crippen LogP contribution in [-0.4, -0.2) is 70.7 Å². The number of rotatable bonds is 49. The molecular formula is C54H102NO7P. The summed E-state index contributed by atoms with van der Waals surface area (Å²) in [6.45, 7) is 5.33. The fourth-order valence-corrected chi connectivity index (χ4v) is 8.09. The number of hydrogen-bond donors (Lipinski definition) is 0. The zero-order chi connectivity index (χ0) is 46.2. The molecule has 0 radical (unpaired) electrons. The largest absolute Gasteiger partial charge is 0.756 e. The summed E-state index contributed by atoms with van der Waals surface area (Å²) in [6, 6.07) is 0. The van der Waals surface area contributed by atoms with Crippen molar-refractivity contribution in [3.8, 4) is 0 Å². The number of likely N-dealkylation sites (N-methyl/N-ethyl adjacent to an activating group) is 1. The van der Waals surface area contributed by atoms with E-state index in [0.717, 1.165) is 57.8 Å². The summed E-state index contributed by atoms with van der Waals surface area (Å²) >= 11 is 0. The average Bonchev–Trinajstić information content (AvgIpc) is 3.24. The predicted molar refractivity (Wildman–Crippen MR) is 268 cm³/mol. The van der Waals surface area contributed by atoms with Crippen LogP contribution in [0.1, 0.15) is 232 Å². The molecule has 0 fully saturated rings. The fourth-order valence-electron chi connectivity index (χ4n) is 7.36. The van der Waals surface area contributed by atoms with Crippen LogP contribution >= 0.6 is 7.82 Å². The van der Waals surface area contributed by atoms with Gasteiger partial charge < -0.3 is 27.9 Å². The number of esters is 1. The fraction of sp³-hybridized carbons (Fsp3) is 0.833. The maximum Gasteiger partial charge on any atom is 0.306 e. The molecule has 0 rings (SSSR count). The molecule has 0 aliphatic heterocycles. The van der Waals surface area contributed by atoms with Gasteiger partial charge in [-0.2, -0.15) is 0 Å². The summed E-state index contributed by atoms with van der Waals surface area (Å²) in [7, 11) is 1.36. The Hall–Kier alpha value is -1.54. The van der Waals surface area contributed by atoms with Gasteiger partial charge in [-0.25, -0.2) is 0 Å². The summed E-state index contributed by atoms with van der Waals surface area (Å²) in [5.41, 5.74) is 0. The molecule has 0 N–H and O–H groups in total. The van der Waals surface area contributed by atoms with Crippen LogP contribution in [0.5, 0.6) is 0 Å². The smallest absolute Gasteiger partial charge is 0.306 e. The highest BCUT2D eigenvalue weighted by Gasteiger charge is 2.20. The summed E-state index contributed by atoms with van der Waals surface area (Å²) in [5.74, 6) is -0.332. The molecule has 0 aliphatic rings. The van der Waals surface area contributed by atoms with Gasteiger partial charge in [-0.15, -0.1) is 0 Å². The van der Waals surface area contributed by atoms with Crippen LogP contribution < -0.4 is 4.89 Å². The Balaban J connectivity index is 4.10. The van der Waals surface area contributed by atoms with Gasteiger partial charge in [0.1, 0.15) is 19.3 Å². The van der Waals surface area contributed by atoms with E-state index < -0.39 is 13.9 Å². The summed E-state index contributed by atoms with van der Waals surface area (Å²) < 4.78 is 34.8. The lowest BCUT2D eigenvalue weighted by molar-refractivity contribution is -0.870. The van der Waals surface area contributed by atoms with E-state index in [-0.39, 0.29) is 25.8 Å². The molecule has 9 heteroatoms. The molecule has 0 aromatic rings. The monoisotopic (exact) mass is 908 g/mol. The van der Waals surface area contributed by atoms with Crippen LogP contribution in [0.4, 0.5) is 0 Å². The molecular weight excluding hydrogens is 806 g/mol. The molecule has 0 aromatic carbocycles. The molecule has 370 valence electrons. The predicted octanol–water partition coefficient (Wildman–Crippen LogP) is 15.7. The standard InChI is InChI=1S/C54H102NO7P/c1-6-8-10-12-14-16-18-20-22-24-25-26-27-28-29-30-32-34-36-38-40-42-44-46-49-59-51-53(52-61-63(57,58)60-50-48-55(3,4)5)62-54(56)47-45-43-41-39-37-35-33-31-23-21-19-17-15-13-11-9-7-2/h8,10,14,16,20,22,25-26,53H,6-7,9,11-13,15,17-19,21,23-24,27-52H2,1-5H3/b10-8-,16-14-,22-20-,26-25-. The number of unbranched alkanes of at least 4 members (excludes halogenated alkanes) is 27. The van der Waals surface area contributed by atoms with E-state index >= 15 is 0 Å². The summed E-state index contributed by atoms with van der Waals surface area (Å²) in [5, 5.41) is 0. The quantitative estimate of drug-likeness (QED) is 0.0197. The zero-order valence-electron chi connectivity index (χ0n) is 42.0. The minimum absolute atomic E-state index is 0.0261. The lowest BCUT2D eigenvalue weighted by Crippen LogP contribution is -2.37. The molecule has 0 saturated heterocycles. The third-order valence-corrected chi connectivity index (χ3v) is 12.4. The third-order valence-electron chi connectivity index (χ3n) is 11.4.